The van der Waals surface area contributed by atoms with Crippen LogP contribution in [0.1, 0.15) is 62.2 Å². The van der Waals surface area contributed by atoms with Crippen molar-refractivity contribution in [1.82, 2.24) is 4.90 Å². The molecule has 1 aliphatic rings. The van der Waals surface area contributed by atoms with Crippen molar-refractivity contribution in [3.05, 3.63) is 65.7 Å². The fourth-order valence-electron chi connectivity index (χ4n) is 4.58. The number of carbonyl (C=O) groups is 1. The van der Waals surface area contributed by atoms with Crippen LogP contribution in [0.15, 0.2) is 54.6 Å². The van der Waals surface area contributed by atoms with E-state index in [-0.39, 0.29) is 11.9 Å². The van der Waals surface area contributed by atoms with Gasteiger partial charge in [-0.05, 0) is 42.5 Å². The molecular weight excluding hydrogens is 362 g/mol. The standard InChI is InChI=1S/C25H33NO3/c1-4-17-26(25(27)24(29-3)19-11-6-5-7-12-19)23-16-9-8-15-22(23)20-13-10-14-21(18-20)28-2/h5-7,10-14,18,22-24H,4,8-9,15-17H2,1-3H3/t22-,23-,24-/m1/s1. The molecule has 4 nitrogen and oxygen atoms in total. The lowest BCUT2D eigenvalue weighted by Crippen LogP contribution is -2.47. The number of rotatable bonds is 8. The summed E-state index contributed by atoms with van der Waals surface area (Å²) in [5.74, 6) is 1.27. The summed E-state index contributed by atoms with van der Waals surface area (Å²) in [4.78, 5) is 15.7. The molecule has 0 unspecified atom stereocenters. The van der Waals surface area contributed by atoms with Crippen molar-refractivity contribution in [1.29, 1.82) is 0 Å². The van der Waals surface area contributed by atoms with E-state index in [2.05, 4.69) is 24.0 Å². The Morgan fingerprint density at radius 3 is 2.52 bits per heavy atom. The third kappa shape index (κ3) is 4.99. The summed E-state index contributed by atoms with van der Waals surface area (Å²) in [6.45, 7) is 2.88. The molecule has 1 fully saturated rings. The highest BCUT2D eigenvalue weighted by atomic mass is 16.5. The molecule has 0 bridgehead atoms. The van der Waals surface area contributed by atoms with Crippen LogP contribution in [0.3, 0.4) is 0 Å². The van der Waals surface area contributed by atoms with Crippen LogP contribution in [0.4, 0.5) is 0 Å². The van der Waals surface area contributed by atoms with E-state index < -0.39 is 6.10 Å². The molecule has 0 aliphatic heterocycles. The molecule has 1 aliphatic carbocycles. The van der Waals surface area contributed by atoms with E-state index >= 15 is 0 Å². The maximum Gasteiger partial charge on any atom is 0.256 e. The Hall–Kier alpha value is -2.33. The minimum atomic E-state index is -0.560. The van der Waals surface area contributed by atoms with Crippen molar-refractivity contribution in [2.45, 2.75) is 57.1 Å². The highest BCUT2D eigenvalue weighted by Gasteiger charge is 2.36. The summed E-state index contributed by atoms with van der Waals surface area (Å²) in [7, 11) is 3.33. The zero-order valence-electron chi connectivity index (χ0n) is 17.8. The molecule has 1 saturated carbocycles. The summed E-state index contributed by atoms with van der Waals surface area (Å²) in [6.07, 6.45) is 4.84. The Labute approximate surface area is 174 Å². The molecule has 3 rings (SSSR count). The normalized spacial score (nSPS) is 20.1. The van der Waals surface area contributed by atoms with Gasteiger partial charge in [-0.15, -0.1) is 0 Å². The molecule has 2 aromatic carbocycles. The number of nitrogens with zero attached hydrogens (tertiary/aromatic N) is 1. The lowest BCUT2D eigenvalue weighted by atomic mass is 9.78. The SMILES string of the molecule is CCCN(C(=O)[C@H](OC)c1ccccc1)[C@@H]1CCCC[C@@H]1c1cccc(OC)c1. The van der Waals surface area contributed by atoms with E-state index in [4.69, 9.17) is 9.47 Å². The van der Waals surface area contributed by atoms with Crippen molar-refractivity contribution in [2.75, 3.05) is 20.8 Å². The van der Waals surface area contributed by atoms with Gasteiger partial charge in [-0.25, -0.2) is 0 Å². The Kier molecular flexibility index (Phi) is 7.70. The lowest BCUT2D eigenvalue weighted by molar-refractivity contribution is -0.146. The quantitative estimate of drug-likeness (QED) is 0.605. The number of ether oxygens (including phenoxy) is 2. The number of methoxy groups -OCH3 is 2. The topological polar surface area (TPSA) is 38.8 Å². The third-order valence-corrected chi connectivity index (χ3v) is 5.96. The van der Waals surface area contributed by atoms with Gasteiger partial charge in [0.1, 0.15) is 5.75 Å². The van der Waals surface area contributed by atoms with Gasteiger partial charge in [-0.1, -0.05) is 62.2 Å². The van der Waals surface area contributed by atoms with Crippen LogP contribution in [0.25, 0.3) is 0 Å². The largest absolute Gasteiger partial charge is 0.497 e. The van der Waals surface area contributed by atoms with E-state index in [0.29, 0.717) is 5.92 Å². The van der Waals surface area contributed by atoms with E-state index in [9.17, 15) is 4.79 Å². The van der Waals surface area contributed by atoms with Gasteiger partial charge in [-0.3, -0.25) is 4.79 Å². The maximum atomic E-state index is 13.6. The molecule has 0 N–H and O–H groups in total. The first kappa shape index (κ1) is 21.4. The summed E-state index contributed by atoms with van der Waals surface area (Å²) < 4.78 is 11.1. The van der Waals surface area contributed by atoms with Gasteiger partial charge in [0, 0.05) is 25.6 Å². The predicted molar refractivity (Wildman–Crippen MR) is 116 cm³/mol. The van der Waals surface area contributed by atoms with E-state index in [0.717, 1.165) is 43.5 Å². The number of hydrogen-bond acceptors (Lipinski definition) is 3. The molecule has 29 heavy (non-hydrogen) atoms. The van der Waals surface area contributed by atoms with Gasteiger partial charge in [0.15, 0.2) is 6.10 Å². The number of carbonyl (C=O) groups excluding carboxylic acids is 1. The smallest absolute Gasteiger partial charge is 0.256 e. The van der Waals surface area contributed by atoms with Crippen molar-refractivity contribution in [3.63, 3.8) is 0 Å². The van der Waals surface area contributed by atoms with Gasteiger partial charge in [-0.2, -0.15) is 0 Å². The summed E-state index contributed by atoms with van der Waals surface area (Å²) in [6, 6.07) is 18.3. The number of hydrogen-bond donors (Lipinski definition) is 0. The Morgan fingerprint density at radius 2 is 1.83 bits per heavy atom. The first-order chi connectivity index (χ1) is 14.2. The Bertz CT molecular complexity index is 777. The Morgan fingerprint density at radius 1 is 1.07 bits per heavy atom. The van der Waals surface area contributed by atoms with Crippen molar-refractivity contribution in [3.8, 4) is 5.75 Å². The van der Waals surface area contributed by atoms with Crippen LogP contribution in [0.5, 0.6) is 5.75 Å². The highest BCUT2D eigenvalue weighted by Crippen LogP contribution is 2.38. The molecule has 0 radical (unpaired) electrons. The minimum Gasteiger partial charge on any atom is -0.497 e. The van der Waals surface area contributed by atoms with Gasteiger partial charge in [0.05, 0.1) is 7.11 Å². The van der Waals surface area contributed by atoms with Gasteiger partial charge in [0.2, 0.25) is 0 Å². The second-order valence-corrected chi connectivity index (χ2v) is 7.79. The van der Waals surface area contributed by atoms with Crippen LogP contribution in [-0.4, -0.2) is 37.6 Å². The second kappa shape index (κ2) is 10.4. The van der Waals surface area contributed by atoms with Crippen LogP contribution in [0.2, 0.25) is 0 Å². The second-order valence-electron chi connectivity index (χ2n) is 7.79. The molecule has 0 spiro atoms. The van der Waals surface area contributed by atoms with Crippen molar-refractivity contribution >= 4 is 5.91 Å². The van der Waals surface area contributed by atoms with E-state index in [1.807, 2.05) is 42.5 Å². The Balaban J connectivity index is 1.91. The van der Waals surface area contributed by atoms with Crippen LogP contribution >= 0.6 is 0 Å². The molecule has 0 heterocycles. The zero-order valence-corrected chi connectivity index (χ0v) is 17.8. The maximum absolute atomic E-state index is 13.6. The van der Waals surface area contributed by atoms with Crippen molar-refractivity contribution < 1.29 is 14.3 Å². The minimum absolute atomic E-state index is 0.0698. The third-order valence-electron chi connectivity index (χ3n) is 5.96. The summed E-state index contributed by atoms with van der Waals surface area (Å²) in [5, 5.41) is 0. The van der Waals surface area contributed by atoms with Crippen LogP contribution < -0.4 is 4.74 Å². The monoisotopic (exact) mass is 395 g/mol. The lowest BCUT2D eigenvalue weighted by Gasteiger charge is -2.41. The molecule has 0 aromatic heterocycles. The molecule has 0 saturated heterocycles. The average Bonchev–Trinajstić information content (AvgIpc) is 2.78. The van der Waals surface area contributed by atoms with Gasteiger partial charge >= 0.3 is 0 Å². The van der Waals surface area contributed by atoms with Crippen LogP contribution in [-0.2, 0) is 9.53 Å². The average molecular weight is 396 g/mol. The zero-order chi connectivity index (χ0) is 20.6. The van der Waals surface area contributed by atoms with Gasteiger partial charge in [0.25, 0.3) is 5.91 Å². The fourth-order valence-corrected chi connectivity index (χ4v) is 4.58. The highest BCUT2D eigenvalue weighted by molar-refractivity contribution is 5.82. The predicted octanol–water partition coefficient (Wildman–Crippen LogP) is 5.35. The molecular formula is C25H33NO3. The number of amides is 1. The van der Waals surface area contributed by atoms with E-state index in [1.165, 1.54) is 12.0 Å². The number of benzene rings is 2. The molecule has 2 aromatic rings. The fraction of sp³-hybridized carbons (Fsp3) is 0.480. The molecule has 4 heteroatoms. The first-order valence-corrected chi connectivity index (χ1v) is 10.7. The summed E-state index contributed by atoms with van der Waals surface area (Å²) in [5.41, 5.74) is 2.17. The first-order valence-electron chi connectivity index (χ1n) is 10.7. The summed E-state index contributed by atoms with van der Waals surface area (Å²) >= 11 is 0. The molecule has 156 valence electrons. The molecule has 3 atom stereocenters. The molecule has 1 amide bonds. The van der Waals surface area contributed by atoms with Crippen LogP contribution in [0, 0.1) is 0 Å². The van der Waals surface area contributed by atoms with E-state index in [1.54, 1.807) is 14.2 Å². The van der Waals surface area contributed by atoms with Gasteiger partial charge < -0.3 is 14.4 Å². The van der Waals surface area contributed by atoms with Crippen molar-refractivity contribution in [2.24, 2.45) is 0 Å².